The number of aryl methyl sites for hydroxylation is 1. The van der Waals surface area contributed by atoms with Crippen LogP contribution in [0.1, 0.15) is 24.5 Å². The Balaban J connectivity index is 3.01. The van der Waals surface area contributed by atoms with Gasteiger partial charge in [-0.25, -0.2) is 5.14 Å². The SMILES string of the molecule is CCc1cc(C#CCCO)ccc1NS(N)(=O)=O. The molecule has 0 aliphatic carbocycles. The minimum atomic E-state index is -3.76. The number of anilines is 1. The third kappa shape index (κ3) is 4.75. The first kappa shape index (κ1) is 14.5. The normalized spacial score (nSPS) is 10.6. The van der Waals surface area contributed by atoms with Crippen molar-refractivity contribution in [2.24, 2.45) is 5.14 Å². The Hall–Kier alpha value is -1.55. The van der Waals surface area contributed by atoms with Crippen LogP contribution in [0, 0.1) is 11.8 Å². The molecular weight excluding hydrogens is 252 g/mol. The maximum absolute atomic E-state index is 11.0. The molecule has 0 aliphatic rings. The molecule has 0 saturated heterocycles. The topological polar surface area (TPSA) is 92.4 Å². The molecule has 6 heteroatoms. The van der Waals surface area contributed by atoms with Crippen LogP contribution >= 0.6 is 0 Å². The quantitative estimate of drug-likeness (QED) is 0.698. The number of rotatable bonds is 4. The second kappa shape index (κ2) is 6.40. The van der Waals surface area contributed by atoms with Crippen molar-refractivity contribution in [1.82, 2.24) is 0 Å². The predicted molar refractivity (Wildman–Crippen MR) is 71.1 cm³/mol. The zero-order valence-electron chi connectivity index (χ0n) is 10.1. The number of aliphatic hydroxyl groups is 1. The molecular formula is C12H16N2O3S. The molecule has 0 spiro atoms. The fourth-order valence-electron chi connectivity index (χ4n) is 1.44. The largest absolute Gasteiger partial charge is 0.395 e. The summed E-state index contributed by atoms with van der Waals surface area (Å²) in [6, 6.07) is 5.14. The lowest BCUT2D eigenvalue weighted by Gasteiger charge is -2.09. The number of hydrogen-bond donors (Lipinski definition) is 3. The Bertz CT molecular complexity index is 571. The summed E-state index contributed by atoms with van der Waals surface area (Å²) in [5.41, 5.74) is 2.06. The molecule has 1 aromatic rings. The van der Waals surface area contributed by atoms with Crippen LogP contribution in [0.15, 0.2) is 18.2 Å². The summed E-state index contributed by atoms with van der Waals surface area (Å²) in [7, 11) is -3.76. The van der Waals surface area contributed by atoms with Gasteiger partial charge in [0.15, 0.2) is 0 Å². The number of nitrogens with one attached hydrogen (secondary N) is 1. The maximum Gasteiger partial charge on any atom is 0.296 e. The van der Waals surface area contributed by atoms with E-state index in [0.717, 1.165) is 11.1 Å². The van der Waals surface area contributed by atoms with Crippen molar-refractivity contribution in [2.45, 2.75) is 19.8 Å². The van der Waals surface area contributed by atoms with Gasteiger partial charge in [-0.3, -0.25) is 4.72 Å². The van der Waals surface area contributed by atoms with Crippen molar-refractivity contribution in [2.75, 3.05) is 11.3 Å². The molecule has 0 heterocycles. The summed E-state index contributed by atoms with van der Waals surface area (Å²) in [5, 5.41) is 13.6. The monoisotopic (exact) mass is 268 g/mol. The summed E-state index contributed by atoms with van der Waals surface area (Å²) < 4.78 is 24.2. The van der Waals surface area contributed by atoms with Crippen molar-refractivity contribution in [1.29, 1.82) is 0 Å². The van der Waals surface area contributed by atoms with Gasteiger partial charge in [-0.05, 0) is 30.2 Å². The summed E-state index contributed by atoms with van der Waals surface area (Å²) in [4.78, 5) is 0. The first-order chi connectivity index (χ1) is 8.46. The van der Waals surface area contributed by atoms with Crippen LogP contribution in [0.3, 0.4) is 0 Å². The molecule has 18 heavy (non-hydrogen) atoms. The lowest BCUT2D eigenvalue weighted by Crippen LogP contribution is -2.22. The molecule has 0 saturated carbocycles. The van der Waals surface area contributed by atoms with Gasteiger partial charge in [0.1, 0.15) is 0 Å². The first-order valence-corrected chi connectivity index (χ1v) is 7.04. The maximum atomic E-state index is 11.0. The van der Waals surface area contributed by atoms with Gasteiger partial charge in [-0.1, -0.05) is 18.8 Å². The van der Waals surface area contributed by atoms with Crippen LogP contribution in [0.2, 0.25) is 0 Å². The third-order valence-electron chi connectivity index (χ3n) is 2.21. The molecule has 1 rings (SSSR count). The molecule has 0 aliphatic heterocycles. The summed E-state index contributed by atoms with van der Waals surface area (Å²) in [6.45, 7) is 1.94. The summed E-state index contributed by atoms with van der Waals surface area (Å²) in [6.07, 6.45) is 1.08. The van der Waals surface area contributed by atoms with Gasteiger partial charge in [0.25, 0.3) is 10.2 Å². The highest BCUT2D eigenvalue weighted by Crippen LogP contribution is 2.18. The molecule has 0 aromatic heterocycles. The third-order valence-corrected chi connectivity index (χ3v) is 2.71. The fraction of sp³-hybridized carbons (Fsp3) is 0.333. The van der Waals surface area contributed by atoms with E-state index in [1.807, 2.05) is 6.92 Å². The van der Waals surface area contributed by atoms with E-state index in [0.29, 0.717) is 18.5 Å². The number of benzene rings is 1. The zero-order valence-corrected chi connectivity index (χ0v) is 10.9. The van der Waals surface area contributed by atoms with E-state index in [-0.39, 0.29) is 6.61 Å². The Morgan fingerprint density at radius 3 is 2.72 bits per heavy atom. The van der Waals surface area contributed by atoms with Crippen LogP contribution in [0.25, 0.3) is 0 Å². The van der Waals surface area contributed by atoms with Crippen LogP contribution < -0.4 is 9.86 Å². The van der Waals surface area contributed by atoms with Crippen molar-refractivity contribution in [3.05, 3.63) is 29.3 Å². The number of aliphatic hydroxyl groups excluding tert-OH is 1. The zero-order chi connectivity index (χ0) is 13.6. The number of hydrogen-bond acceptors (Lipinski definition) is 3. The van der Waals surface area contributed by atoms with Gasteiger partial charge in [0.05, 0.1) is 12.3 Å². The molecule has 4 N–H and O–H groups in total. The van der Waals surface area contributed by atoms with E-state index in [1.165, 1.54) is 0 Å². The lowest BCUT2D eigenvalue weighted by atomic mass is 10.1. The van der Waals surface area contributed by atoms with E-state index >= 15 is 0 Å². The summed E-state index contributed by atoms with van der Waals surface area (Å²) in [5.74, 6) is 5.70. The van der Waals surface area contributed by atoms with Gasteiger partial charge in [0.2, 0.25) is 0 Å². The average molecular weight is 268 g/mol. The smallest absolute Gasteiger partial charge is 0.296 e. The van der Waals surface area contributed by atoms with E-state index in [9.17, 15) is 8.42 Å². The lowest BCUT2D eigenvalue weighted by molar-refractivity contribution is 0.305. The number of nitrogens with two attached hydrogens (primary N) is 1. The van der Waals surface area contributed by atoms with Crippen molar-refractivity contribution < 1.29 is 13.5 Å². The van der Waals surface area contributed by atoms with Gasteiger partial charge < -0.3 is 5.11 Å². The van der Waals surface area contributed by atoms with Crippen molar-refractivity contribution >= 4 is 15.9 Å². The first-order valence-electron chi connectivity index (χ1n) is 5.49. The molecule has 0 amide bonds. The van der Waals surface area contributed by atoms with Crippen molar-refractivity contribution in [3.63, 3.8) is 0 Å². The van der Waals surface area contributed by atoms with Gasteiger partial charge in [-0.2, -0.15) is 8.42 Å². The van der Waals surface area contributed by atoms with E-state index in [1.54, 1.807) is 18.2 Å². The molecule has 0 bridgehead atoms. The molecule has 0 atom stereocenters. The molecule has 98 valence electrons. The average Bonchev–Trinajstić information content (AvgIpc) is 2.29. The van der Waals surface area contributed by atoms with Crippen LogP contribution in [0.4, 0.5) is 5.69 Å². The van der Waals surface area contributed by atoms with E-state index in [4.69, 9.17) is 10.2 Å². The van der Waals surface area contributed by atoms with Crippen LogP contribution in [-0.2, 0) is 16.6 Å². The predicted octanol–water partition coefficient (Wildman–Crippen LogP) is 0.598. The minimum Gasteiger partial charge on any atom is -0.395 e. The molecule has 0 radical (unpaired) electrons. The second-order valence-electron chi connectivity index (χ2n) is 3.65. The minimum absolute atomic E-state index is 0.0265. The Morgan fingerprint density at radius 2 is 2.17 bits per heavy atom. The highest BCUT2D eigenvalue weighted by molar-refractivity contribution is 7.90. The van der Waals surface area contributed by atoms with Crippen LogP contribution in [0.5, 0.6) is 0 Å². The second-order valence-corrected chi connectivity index (χ2v) is 4.94. The molecule has 5 nitrogen and oxygen atoms in total. The Labute approximate surface area is 107 Å². The van der Waals surface area contributed by atoms with Gasteiger partial charge >= 0.3 is 0 Å². The summed E-state index contributed by atoms with van der Waals surface area (Å²) >= 11 is 0. The highest BCUT2D eigenvalue weighted by atomic mass is 32.2. The highest BCUT2D eigenvalue weighted by Gasteiger charge is 2.06. The van der Waals surface area contributed by atoms with Gasteiger partial charge in [-0.15, -0.1) is 0 Å². The fourth-order valence-corrected chi connectivity index (χ4v) is 1.94. The molecule has 0 unspecified atom stereocenters. The standard InChI is InChI=1S/C12H16N2O3S/c1-2-11-9-10(5-3-4-8-15)6-7-12(11)14-18(13,16)17/h6-7,9,14-15H,2,4,8H2,1H3,(H2,13,16,17). The Kier molecular flexibility index (Phi) is 5.16. The van der Waals surface area contributed by atoms with Crippen LogP contribution in [-0.4, -0.2) is 20.1 Å². The van der Waals surface area contributed by atoms with Crippen molar-refractivity contribution in [3.8, 4) is 11.8 Å². The van der Waals surface area contributed by atoms with E-state index < -0.39 is 10.2 Å². The van der Waals surface area contributed by atoms with Gasteiger partial charge in [0, 0.05) is 12.0 Å². The Morgan fingerprint density at radius 1 is 1.44 bits per heavy atom. The molecule has 0 fully saturated rings. The molecule has 1 aromatic carbocycles. The van der Waals surface area contributed by atoms with E-state index in [2.05, 4.69) is 16.6 Å².